The molecule has 0 aliphatic heterocycles. The van der Waals surface area contributed by atoms with Crippen LogP contribution < -0.4 is 14.9 Å². The second-order valence-corrected chi connectivity index (χ2v) is 5.32. The average molecular weight is 375 g/mol. The van der Waals surface area contributed by atoms with Crippen molar-refractivity contribution in [3.05, 3.63) is 45.6 Å². The van der Waals surface area contributed by atoms with Crippen molar-refractivity contribution < 1.29 is 24.0 Å². The highest BCUT2D eigenvalue weighted by molar-refractivity contribution is 5.88. The maximum atomic E-state index is 12.0. The minimum absolute atomic E-state index is 0.170. The maximum Gasteiger partial charge on any atom is 0.390 e. The van der Waals surface area contributed by atoms with Crippen LogP contribution in [0.3, 0.4) is 0 Å². The number of rotatable bonds is 7. The highest BCUT2D eigenvalue weighted by Crippen LogP contribution is 2.30. The molecule has 0 saturated heterocycles. The molecular formula is C16H17N5O6. The Kier molecular flexibility index (Phi) is 6.20. The first kappa shape index (κ1) is 19.6. The summed E-state index contributed by atoms with van der Waals surface area (Å²) in [5.74, 6) is -0.909. The number of nitrogens with one attached hydrogen (secondary N) is 1. The summed E-state index contributed by atoms with van der Waals surface area (Å²) < 4.78 is 11.4. The van der Waals surface area contributed by atoms with E-state index in [1.165, 1.54) is 31.0 Å². The summed E-state index contributed by atoms with van der Waals surface area (Å²) in [6, 6.07) is 6.17. The molecule has 0 bridgehead atoms. The molecule has 0 unspecified atom stereocenters. The molecule has 1 heterocycles. The summed E-state index contributed by atoms with van der Waals surface area (Å²) in [7, 11) is 1.43. The van der Waals surface area contributed by atoms with Crippen LogP contribution in [0.1, 0.15) is 18.2 Å². The fourth-order valence-corrected chi connectivity index (χ4v) is 2.14. The molecule has 2 aromatic rings. The van der Waals surface area contributed by atoms with Crippen LogP contribution in [0.4, 0.5) is 5.82 Å². The molecule has 0 fully saturated rings. The average Bonchev–Trinajstić information content (AvgIpc) is 2.96. The van der Waals surface area contributed by atoms with Gasteiger partial charge in [-0.25, -0.2) is 5.43 Å². The molecule has 0 spiro atoms. The standard InChI is InChI=1S/C16H17N5O6/c1-10-7-14(21(24)25)19-20(10)9-15(23)18-17-8-12-5-4-6-13(26-3)16(12)27-11(2)22/h4-8H,9H2,1-3H3,(H,18,23). The van der Waals surface area contributed by atoms with Crippen LogP contribution in [-0.4, -0.2) is 39.9 Å². The lowest BCUT2D eigenvalue weighted by molar-refractivity contribution is -0.389. The third-order valence-electron chi connectivity index (χ3n) is 3.32. The van der Waals surface area contributed by atoms with Crippen molar-refractivity contribution in [2.75, 3.05) is 7.11 Å². The lowest BCUT2D eigenvalue weighted by Gasteiger charge is -2.10. The highest BCUT2D eigenvalue weighted by atomic mass is 16.6. The number of nitro groups is 1. The fourth-order valence-electron chi connectivity index (χ4n) is 2.14. The monoisotopic (exact) mass is 375 g/mol. The van der Waals surface area contributed by atoms with Crippen molar-refractivity contribution >= 4 is 23.9 Å². The van der Waals surface area contributed by atoms with Gasteiger partial charge in [0.05, 0.1) is 30.2 Å². The van der Waals surface area contributed by atoms with Crippen molar-refractivity contribution in [3.8, 4) is 11.5 Å². The van der Waals surface area contributed by atoms with E-state index in [4.69, 9.17) is 9.47 Å². The predicted octanol–water partition coefficient (Wildman–Crippen LogP) is 1.18. The Labute approximate surface area is 153 Å². The minimum atomic E-state index is -0.640. The normalized spacial score (nSPS) is 10.6. The van der Waals surface area contributed by atoms with Crippen molar-refractivity contribution in [1.29, 1.82) is 0 Å². The number of benzene rings is 1. The molecular weight excluding hydrogens is 358 g/mol. The van der Waals surface area contributed by atoms with Crippen molar-refractivity contribution in [2.45, 2.75) is 20.4 Å². The number of para-hydroxylation sites is 1. The van der Waals surface area contributed by atoms with E-state index in [0.29, 0.717) is 17.0 Å². The van der Waals surface area contributed by atoms with Gasteiger partial charge in [0.25, 0.3) is 5.91 Å². The summed E-state index contributed by atoms with van der Waals surface area (Å²) in [5, 5.41) is 18.2. The Morgan fingerprint density at radius 2 is 2.19 bits per heavy atom. The van der Waals surface area contributed by atoms with E-state index >= 15 is 0 Å². The van der Waals surface area contributed by atoms with Gasteiger partial charge >= 0.3 is 11.8 Å². The number of methoxy groups -OCH3 is 1. The zero-order valence-corrected chi connectivity index (χ0v) is 14.8. The molecule has 11 nitrogen and oxygen atoms in total. The van der Waals surface area contributed by atoms with Crippen LogP contribution >= 0.6 is 0 Å². The van der Waals surface area contributed by atoms with E-state index in [1.807, 2.05) is 0 Å². The molecule has 142 valence electrons. The largest absolute Gasteiger partial charge is 0.493 e. The van der Waals surface area contributed by atoms with Gasteiger partial charge in [0.1, 0.15) is 6.54 Å². The van der Waals surface area contributed by atoms with E-state index < -0.39 is 16.8 Å². The van der Waals surface area contributed by atoms with Gasteiger partial charge in [-0.3, -0.25) is 9.59 Å². The zero-order chi connectivity index (χ0) is 20.0. The van der Waals surface area contributed by atoms with Crippen molar-refractivity contribution in [2.24, 2.45) is 5.10 Å². The van der Waals surface area contributed by atoms with E-state index in [1.54, 1.807) is 25.1 Å². The van der Waals surface area contributed by atoms with Crippen molar-refractivity contribution in [1.82, 2.24) is 15.2 Å². The van der Waals surface area contributed by atoms with E-state index in [-0.39, 0.29) is 18.1 Å². The molecule has 0 aliphatic rings. The van der Waals surface area contributed by atoms with Gasteiger partial charge in [0.15, 0.2) is 11.5 Å². The lowest BCUT2D eigenvalue weighted by Crippen LogP contribution is -2.24. The number of carbonyl (C=O) groups is 2. The number of hydrogen-bond acceptors (Lipinski definition) is 8. The highest BCUT2D eigenvalue weighted by Gasteiger charge is 2.17. The summed E-state index contributed by atoms with van der Waals surface area (Å²) >= 11 is 0. The third kappa shape index (κ3) is 5.11. The van der Waals surface area contributed by atoms with Crippen LogP contribution in [-0.2, 0) is 16.1 Å². The Balaban J connectivity index is 2.08. The van der Waals surface area contributed by atoms with Gasteiger partial charge in [0, 0.05) is 12.5 Å². The molecule has 1 aromatic heterocycles. The molecule has 1 amide bonds. The van der Waals surface area contributed by atoms with Crippen LogP contribution in [0, 0.1) is 17.0 Å². The quantitative estimate of drug-likeness (QED) is 0.252. The van der Waals surface area contributed by atoms with Gasteiger partial charge < -0.3 is 19.6 Å². The first-order chi connectivity index (χ1) is 12.8. The number of amides is 1. The Morgan fingerprint density at radius 3 is 2.78 bits per heavy atom. The molecule has 27 heavy (non-hydrogen) atoms. The number of ether oxygens (including phenoxy) is 2. The first-order valence-electron chi connectivity index (χ1n) is 7.68. The van der Waals surface area contributed by atoms with E-state index in [0.717, 1.165) is 0 Å². The van der Waals surface area contributed by atoms with Crippen LogP contribution in [0.15, 0.2) is 29.4 Å². The second kappa shape index (κ2) is 8.56. The first-order valence-corrected chi connectivity index (χ1v) is 7.68. The molecule has 2 rings (SSSR count). The fraction of sp³-hybridized carbons (Fsp3) is 0.250. The summed E-state index contributed by atoms with van der Waals surface area (Å²) in [4.78, 5) is 33.3. The van der Waals surface area contributed by atoms with Gasteiger partial charge in [-0.1, -0.05) is 6.07 Å². The van der Waals surface area contributed by atoms with Gasteiger partial charge in [0.2, 0.25) is 0 Å². The number of nitrogens with zero attached hydrogens (tertiary/aromatic N) is 4. The van der Waals surface area contributed by atoms with Crippen molar-refractivity contribution in [3.63, 3.8) is 0 Å². The SMILES string of the molecule is COc1cccc(C=NNC(=O)Cn2nc([N+](=O)[O-])cc2C)c1OC(C)=O. The summed E-state index contributed by atoms with van der Waals surface area (Å²) in [5.41, 5.74) is 3.16. The molecule has 0 saturated carbocycles. The Bertz CT molecular complexity index is 905. The van der Waals surface area contributed by atoms with E-state index in [2.05, 4.69) is 15.6 Å². The summed E-state index contributed by atoms with van der Waals surface area (Å²) in [6.07, 6.45) is 1.29. The van der Waals surface area contributed by atoms with Crippen LogP contribution in [0.5, 0.6) is 11.5 Å². The van der Waals surface area contributed by atoms with E-state index in [9.17, 15) is 19.7 Å². The number of aromatic nitrogens is 2. The Hall–Kier alpha value is -3.76. The second-order valence-electron chi connectivity index (χ2n) is 5.32. The Morgan fingerprint density at radius 1 is 1.44 bits per heavy atom. The number of hydrazone groups is 1. The predicted molar refractivity (Wildman–Crippen MR) is 93.7 cm³/mol. The van der Waals surface area contributed by atoms with Gasteiger partial charge in [-0.2, -0.15) is 9.78 Å². The molecule has 1 N–H and O–H groups in total. The smallest absolute Gasteiger partial charge is 0.390 e. The zero-order valence-electron chi connectivity index (χ0n) is 14.8. The molecule has 0 aliphatic carbocycles. The number of esters is 1. The van der Waals surface area contributed by atoms with Gasteiger partial charge in [-0.05, 0) is 24.0 Å². The lowest BCUT2D eigenvalue weighted by atomic mass is 10.2. The van der Waals surface area contributed by atoms with Crippen LogP contribution in [0.25, 0.3) is 0 Å². The number of hydrogen-bond donors (Lipinski definition) is 1. The topological polar surface area (TPSA) is 138 Å². The molecule has 1 aromatic carbocycles. The molecule has 11 heteroatoms. The summed E-state index contributed by atoms with van der Waals surface area (Å²) in [6.45, 7) is 2.60. The van der Waals surface area contributed by atoms with Crippen LogP contribution in [0.2, 0.25) is 0 Å². The third-order valence-corrected chi connectivity index (χ3v) is 3.32. The number of aryl methyl sites for hydroxylation is 1. The number of carbonyl (C=O) groups excluding carboxylic acids is 2. The molecule has 0 atom stereocenters. The maximum absolute atomic E-state index is 12.0. The van der Waals surface area contributed by atoms with Gasteiger partial charge in [-0.15, -0.1) is 0 Å². The molecule has 0 radical (unpaired) electrons. The minimum Gasteiger partial charge on any atom is -0.493 e.